The fourth-order valence-corrected chi connectivity index (χ4v) is 0.832. The summed E-state index contributed by atoms with van der Waals surface area (Å²) in [5.41, 5.74) is 5.46. The molecule has 0 aromatic carbocycles. The van der Waals surface area contributed by atoms with Crippen LogP contribution in [0.25, 0.3) is 6.08 Å². The van der Waals surface area contributed by atoms with Crippen LogP contribution in [0.1, 0.15) is 5.82 Å². The highest BCUT2D eigenvalue weighted by atomic mass is 35.5. The molecule has 2 N–H and O–H groups in total. The minimum Gasteiger partial charge on any atom is -0.464 e. The van der Waals surface area contributed by atoms with Gasteiger partial charge in [-0.3, -0.25) is 0 Å². The predicted octanol–water partition coefficient (Wildman–Crippen LogP) is 0.314. The number of imidazole rings is 1. The minimum absolute atomic E-state index is 0. The lowest BCUT2D eigenvalue weighted by molar-refractivity contribution is -0.136. The van der Waals surface area contributed by atoms with Crippen LogP contribution < -0.4 is 5.73 Å². The number of ether oxygens (including phenoxy) is 1. The highest BCUT2D eigenvalue weighted by Crippen LogP contribution is 2.00. The van der Waals surface area contributed by atoms with Crippen LogP contribution in [0.3, 0.4) is 0 Å². The van der Waals surface area contributed by atoms with Crippen molar-refractivity contribution < 1.29 is 9.53 Å². The number of methoxy groups -OCH3 is 1. The number of carbonyl (C=O) groups excluding carboxylic acids is 1. The molecule has 0 aliphatic heterocycles. The molecule has 0 bridgehead atoms. The van der Waals surface area contributed by atoms with E-state index in [1.54, 1.807) is 17.0 Å². The summed E-state index contributed by atoms with van der Waals surface area (Å²) in [5, 5.41) is 0. The first kappa shape index (κ1) is 12.5. The Morgan fingerprint density at radius 1 is 1.71 bits per heavy atom. The van der Waals surface area contributed by atoms with Crippen LogP contribution in [0.4, 0.5) is 0 Å². The quantitative estimate of drug-likeness (QED) is 0.572. The van der Waals surface area contributed by atoms with Gasteiger partial charge in [-0.15, -0.1) is 12.4 Å². The molecular formula is C8H12ClN3O2. The lowest BCUT2D eigenvalue weighted by Gasteiger charge is -1.98. The molecule has 0 aliphatic rings. The largest absolute Gasteiger partial charge is 0.464 e. The first-order chi connectivity index (χ1) is 6.15. The molecule has 0 spiro atoms. The summed E-state index contributed by atoms with van der Waals surface area (Å²) in [7, 11) is 3.09. The van der Waals surface area contributed by atoms with E-state index in [9.17, 15) is 4.79 Å². The zero-order valence-corrected chi connectivity index (χ0v) is 8.75. The molecule has 0 radical (unpaired) electrons. The standard InChI is InChI=1S/C8H11N3O2.ClH/c1-11-4-3-10-7(11)5-6(9)8(12)13-2;/h3-5H,9H2,1-2H3;1H/b6-5+;. The van der Waals surface area contributed by atoms with E-state index in [1.165, 1.54) is 13.2 Å². The Bertz CT molecular complexity index is 346. The van der Waals surface area contributed by atoms with Gasteiger partial charge in [-0.25, -0.2) is 9.78 Å². The van der Waals surface area contributed by atoms with Crippen LogP contribution in [0.15, 0.2) is 18.1 Å². The van der Waals surface area contributed by atoms with Crippen molar-refractivity contribution in [3.63, 3.8) is 0 Å². The molecule has 0 amide bonds. The summed E-state index contributed by atoms with van der Waals surface area (Å²) >= 11 is 0. The molecule has 1 aromatic heterocycles. The van der Waals surface area contributed by atoms with E-state index < -0.39 is 5.97 Å². The summed E-state index contributed by atoms with van der Waals surface area (Å²) in [6.07, 6.45) is 4.85. The first-order valence-electron chi connectivity index (χ1n) is 3.68. The maximum absolute atomic E-state index is 10.9. The fraction of sp³-hybridized carbons (Fsp3) is 0.250. The van der Waals surface area contributed by atoms with E-state index in [0.717, 1.165) is 0 Å². The van der Waals surface area contributed by atoms with Crippen molar-refractivity contribution in [1.29, 1.82) is 0 Å². The normalized spacial score (nSPS) is 10.6. The third-order valence-electron chi connectivity index (χ3n) is 1.56. The number of rotatable bonds is 2. The van der Waals surface area contributed by atoms with Crippen molar-refractivity contribution >= 4 is 24.5 Å². The van der Waals surface area contributed by atoms with Gasteiger partial charge < -0.3 is 15.0 Å². The van der Waals surface area contributed by atoms with Crippen molar-refractivity contribution in [3.05, 3.63) is 23.9 Å². The molecule has 14 heavy (non-hydrogen) atoms. The molecule has 78 valence electrons. The van der Waals surface area contributed by atoms with Crippen molar-refractivity contribution in [2.45, 2.75) is 0 Å². The Hall–Kier alpha value is -1.49. The molecule has 0 saturated heterocycles. The summed E-state index contributed by atoms with van der Waals surface area (Å²) in [6, 6.07) is 0. The monoisotopic (exact) mass is 217 g/mol. The fourth-order valence-electron chi connectivity index (χ4n) is 0.832. The molecule has 1 aromatic rings. The Labute approximate surface area is 88.0 Å². The van der Waals surface area contributed by atoms with Gasteiger partial charge in [0.05, 0.1) is 7.11 Å². The number of aryl methyl sites for hydroxylation is 1. The summed E-state index contributed by atoms with van der Waals surface area (Å²) in [6.45, 7) is 0. The van der Waals surface area contributed by atoms with Gasteiger partial charge in [0.2, 0.25) is 0 Å². The number of nitrogens with two attached hydrogens (primary N) is 1. The van der Waals surface area contributed by atoms with Gasteiger partial charge >= 0.3 is 5.97 Å². The average molecular weight is 218 g/mol. The number of hydrogen-bond donors (Lipinski definition) is 1. The Balaban J connectivity index is 0.00000169. The number of aromatic nitrogens is 2. The highest BCUT2D eigenvalue weighted by Gasteiger charge is 2.05. The van der Waals surface area contributed by atoms with Crippen LogP contribution in [-0.2, 0) is 16.6 Å². The van der Waals surface area contributed by atoms with Crippen molar-refractivity contribution in [3.8, 4) is 0 Å². The van der Waals surface area contributed by atoms with Gasteiger partial charge in [0.1, 0.15) is 11.5 Å². The third kappa shape index (κ3) is 2.77. The number of esters is 1. The molecule has 6 heteroatoms. The molecular weight excluding hydrogens is 206 g/mol. The lowest BCUT2D eigenvalue weighted by Crippen LogP contribution is -2.13. The molecule has 0 atom stereocenters. The second kappa shape index (κ2) is 5.29. The van der Waals surface area contributed by atoms with Gasteiger partial charge in [0.15, 0.2) is 0 Å². The number of carbonyl (C=O) groups is 1. The molecule has 0 unspecified atom stereocenters. The average Bonchev–Trinajstić information content (AvgIpc) is 2.50. The smallest absolute Gasteiger partial charge is 0.354 e. The Morgan fingerprint density at radius 3 is 2.79 bits per heavy atom. The van der Waals surface area contributed by atoms with Crippen LogP contribution in [0, 0.1) is 0 Å². The molecule has 0 saturated carbocycles. The van der Waals surface area contributed by atoms with E-state index in [-0.39, 0.29) is 18.1 Å². The lowest BCUT2D eigenvalue weighted by atomic mass is 10.4. The van der Waals surface area contributed by atoms with Gasteiger partial charge in [0, 0.05) is 25.5 Å². The Morgan fingerprint density at radius 2 is 2.36 bits per heavy atom. The SMILES string of the molecule is COC(=O)/C(N)=C\c1nccn1C.Cl. The van der Waals surface area contributed by atoms with E-state index in [0.29, 0.717) is 5.82 Å². The van der Waals surface area contributed by atoms with Gasteiger partial charge in [0.25, 0.3) is 0 Å². The van der Waals surface area contributed by atoms with Crippen molar-refractivity contribution in [2.24, 2.45) is 12.8 Å². The van der Waals surface area contributed by atoms with Crippen molar-refractivity contribution in [2.75, 3.05) is 7.11 Å². The maximum atomic E-state index is 10.9. The number of nitrogens with zero attached hydrogens (tertiary/aromatic N) is 2. The van der Waals surface area contributed by atoms with Gasteiger partial charge in [-0.1, -0.05) is 0 Å². The zero-order valence-electron chi connectivity index (χ0n) is 7.93. The Kier molecular flexibility index (Phi) is 4.72. The van der Waals surface area contributed by atoms with E-state index in [2.05, 4.69) is 9.72 Å². The second-order valence-electron chi connectivity index (χ2n) is 2.49. The summed E-state index contributed by atoms with van der Waals surface area (Å²) in [4.78, 5) is 14.9. The topological polar surface area (TPSA) is 70.1 Å². The summed E-state index contributed by atoms with van der Waals surface area (Å²) < 4.78 is 6.18. The number of halogens is 1. The molecule has 5 nitrogen and oxygen atoms in total. The minimum atomic E-state index is -0.553. The van der Waals surface area contributed by atoms with Gasteiger partial charge in [-0.2, -0.15) is 0 Å². The second-order valence-corrected chi connectivity index (χ2v) is 2.49. The van der Waals surface area contributed by atoms with Crippen LogP contribution in [0.2, 0.25) is 0 Å². The van der Waals surface area contributed by atoms with Crippen LogP contribution >= 0.6 is 12.4 Å². The first-order valence-corrected chi connectivity index (χ1v) is 3.68. The van der Waals surface area contributed by atoms with Gasteiger partial charge in [-0.05, 0) is 0 Å². The molecule has 0 aliphatic carbocycles. The zero-order chi connectivity index (χ0) is 9.84. The van der Waals surface area contributed by atoms with E-state index >= 15 is 0 Å². The molecule has 1 heterocycles. The third-order valence-corrected chi connectivity index (χ3v) is 1.56. The van der Waals surface area contributed by atoms with Crippen LogP contribution in [0.5, 0.6) is 0 Å². The summed E-state index contributed by atoms with van der Waals surface area (Å²) in [5.74, 6) is 0.0610. The molecule has 1 rings (SSSR count). The van der Waals surface area contributed by atoms with Crippen LogP contribution in [-0.4, -0.2) is 22.6 Å². The molecule has 0 fully saturated rings. The van der Waals surface area contributed by atoms with E-state index in [4.69, 9.17) is 5.73 Å². The number of hydrogen-bond acceptors (Lipinski definition) is 4. The van der Waals surface area contributed by atoms with Crippen molar-refractivity contribution in [1.82, 2.24) is 9.55 Å². The highest BCUT2D eigenvalue weighted by molar-refractivity contribution is 5.91. The van der Waals surface area contributed by atoms with E-state index in [1.807, 2.05) is 7.05 Å². The predicted molar refractivity (Wildman–Crippen MR) is 54.6 cm³/mol. The maximum Gasteiger partial charge on any atom is 0.354 e.